The number of nitrogens with two attached hydrogens (primary N) is 1. The molecule has 0 heterocycles. The first-order chi connectivity index (χ1) is 8.54. The third-order valence-electron chi connectivity index (χ3n) is 4.68. The van der Waals surface area contributed by atoms with E-state index in [1.807, 2.05) is 6.92 Å². The van der Waals surface area contributed by atoms with Crippen LogP contribution in [0.5, 0.6) is 0 Å². The SMILES string of the molecule is CC1=C2[C@H](/C=C(\C)C(=O)NN)CC[C@@H](C)[C@H]2CC1. The number of rotatable bonds is 2. The largest absolute Gasteiger partial charge is 0.290 e. The summed E-state index contributed by atoms with van der Waals surface area (Å²) in [5.41, 5.74) is 6.11. The number of carbonyl (C=O) groups is 1. The van der Waals surface area contributed by atoms with Crippen molar-refractivity contribution in [1.82, 2.24) is 5.43 Å². The molecule has 0 unspecified atom stereocenters. The Morgan fingerprint density at radius 1 is 1.39 bits per heavy atom. The highest BCUT2D eigenvalue weighted by atomic mass is 16.2. The van der Waals surface area contributed by atoms with Crippen LogP contribution in [0.1, 0.15) is 46.5 Å². The average molecular weight is 248 g/mol. The quantitative estimate of drug-likeness (QED) is 0.259. The van der Waals surface area contributed by atoms with Crippen molar-refractivity contribution in [3.8, 4) is 0 Å². The minimum atomic E-state index is -0.165. The third-order valence-corrected chi connectivity index (χ3v) is 4.68. The Balaban J connectivity index is 2.24. The molecule has 1 saturated carbocycles. The summed E-state index contributed by atoms with van der Waals surface area (Å²) in [6.45, 7) is 6.47. The minimum absolute atomic E-state index is 0.165. The molecule has 18 heavy (non-hydrogen) atoms. The van der Waals surface area contributed by atoms with Gasteiger partial charge in [0.15, 0.2) is 0 Å². The van der Waals surface area contributed by atoms with Crippen LogP contribution >= 0.6 is 0 Å². The molecule has 3 N–H and O–H groups in total. The molecule has 100 valence electrons. The van der Waals surface area contributed by atoms with Gasteiger partial charge in [-0.1, -0.05) is 24.1 Å². The second-order valence-corrected chi connectivity index (χ2v) is 5.87. The predicted molar refractivity (Wildman–Crippen MR) is 73.4 cm³/mol. The Morgan fingerprint density at radius 2 is 2.11 bits per heavy atom. The van der Waals surface area contributed by atoms with Crippen LogP contribution in [0.4, 0.5) is 0 Å². The van der Waals surface area contributed by atoms with Gasteiger partial charge < -0.3 is 0 Å². The summed E-state index contributed by atoms with van der Waals surface area (Å²) in [5.74, 6) is 7.01. The molecule has 2 aliphatic rings. The highest BCUT2D eigenvalue weighted by molar-refractivity contribution is 5.92. The first kappa shape index (κ1) is 13.3. The van der Waals surface area contributed by atoms with Crippen molar-refractivity contribution in [3.63, 3.8) is 0 Å². The molecule has 0 saturated heterocycles. The maximum atomic E-state index is 11.5. The van der Waals surface area contributed by atoms with E-state index in [1.165, 1.54) is 25.7 Å². The maximum absolute atomic E-state index is 11.5. The van der Waals surface area contributed by atoms with Crippen molar-refractivity contribution in [1.29, 1.82) is 0 Å². The minimum Gasteiger partial charge on any atom is -0.290 e. The Morgan fingerprint density at radius 3 is 2.78 bits per heavy atom. The van der Waals surface area contributed by atoms with E-state index in [-0.39, 0.29) is 5.91 Å². The van der Waals surface area contributed by atoms with E-state index >= 15 is 0 Å². The van der Waals surface area contributed by atoms with Gasteiger partial charge in [0.05, 0.1) is 0 Å². The molecule has 0 aliphatic heterocycles. The van der Waals surface area contributed by atoms with E-state index in [2.05, 4.69) is 25.3 Å². The Labute approximate surface area is 109 Å². The molecule has 0 radical (unpaired) electrons. The smallest absolute Gasteiger partial charge is 0.260 e. The summed E-state index contributed by atoms with van der Waals surface area (Å²) < 4.78 is 0. The van der Waals surface area contributed by atoms with Crippen LogP contribution in [-0.2, 0) is 4.79 Å². The summed E-state index contributed by atoms with van der Waals surface area (Å²) in [7, 11) is 0. The van der Waals surface area contributed by atoms with Crippen molar-refractivity contribution in [2.24, 2.45) is 23.6 Å². The lowest BCUT2D eigenvalue weighted by Crippen LogP contribution is -2.31. The van der Waals surface area contributed by atoms with Gasteiger partial charge in [-0.3, -0.25) is 10.2 Å². The molecule has 3 atom stereocenters. The van der Waals surface area contributed by atoms with Gasteiger partial charge in [0.1, 0.15) is 0 Å². The van der Waals surface area contributed by atoms with Crippen molar-refractivity contribution >= 4 is 5.91 Å². The molecular weight excluding hydrogens is 224 g/mol. The molecule has 0 bridgehead atoms. The number of hydrogen-bond donors (Lipinski definition) is 2. The van der Waals surface area contributed by atoms with Crippen molar-refractivity contribution < 1.29 is 4.79 Å². The molecule has 0 aromatic rings. The van der Waals surface area contributed by atoms with Gasteiger partial charge in [-0.05, 0) is 57.3 Å². The second kappa shape index (κ2) is 5.27. The Bertz CT molecular complexity index is 409. The zero-order chi connectivity index (χ0) is 13.3. The molecule has 2 aliphatic carbocycles. The van der Waals surface area contributed by atoms with Crippen LogP contribution in [0.3, 0.4) is 0 Å². The number of carbonyl (C=O) groups excluding carboxylic acids is 1. The van der Waals surface area contributed by atoms with Crippen LogP contribution in [-0.4, -0.2) is 5.91 Å². The zero-order valence-electron chi connectivity index (χ0n) is 11.6. The average Bonchev–Trinajstić information content (AvgIpc) is 2.75. The van der Waals surface area contributed by atoms with Crippen molar-refractivity contribution in [2.45, 2.75) is 46.5 Å². The summed E-state index contributed by atoms with van der Waals surface area (Å²) in [6, 6.07) is 0. The number of hydrogen-bond acceptors (Lipinski definition) is 2. The number of amides is 1. The van der Waals surface area contributed by atoms with Gasteiger partial charge in [-0.15, -0.1) is 0 Å². The molecule has 0 aromatic carbocycles. The zero-order valence-corrected chi connectivity index (χ0v) is 11.6. The van der Waals surface area contributed by atoms with Crippen molar-refractivity contribution in [3.05, 3.63) is 22.8 Å². The fraction of sp³-hybridized carbons (Fsp3) is 0.667. The highest BCUT2D eigenvalue weighted by Crippen LogP contribution is 2.48. The molecule has 3 nitrogen and oxygen atoms in total. The number of allylic oxidation sites excluding steroid dienone is 3. The normalized spacial score (nSPS) is 32.4. The molecule has 0 aromatic heterocycles. The lowest BCUT2D eigenvalue weighted by atomic mass is 9.71. The summed E-state index contributed by atoms with van der Waals surface area (Å²) >= 11 is 0. The van der Waals surface area contributed by atoms with Gasteiger partial charge in [0.25, 0.3) is 5.91 Å². The number of nitrogens with one attached hydrogen (secondary N) is 1. The molecule has 2 rings (SSSR count). The van der Waals surface area contributed by atoms with Crippen LogP contribution < -0.4 is 11.3 Å². The van der Waals surface area contributed by atoms with Gasteiger partial charge in [-0.25, -0.2) is 5.84 Å². The van der Waals surface area contributed by atoms with Crippen molar-refractivity contribution in [2.75, 3.05) is 0 Å². The van der Waals surface area contributed by atoms with E-state index in [0.29, 0.717) is 5.92 Å². The third kappa shape index (κ3) is 2.37. The lowest BCUT2D eigenvalue weighted by molar-refractivity contribution is -0.117. The van der Waals surface area contributed by atoms with Crippen LogP contribution in [0.25, 0.3) is 0 Å². The Hall–Kier alpha value is -1.09. The van der Waals surface area contributed by atoms with E-state index in [4.69, 9.17) is 5.84 Å². The molecule has 3 heteroatoms. The van der Waals surface area contributed by atoms with E-state index in [9.17, 15) is 4.79 Å². The topological polar surface area (TPSA) is 55.1 Å². The summed E-state index contributed by atoms with van der Waals surface area (Å²) in [6.07, 6.45) is 7.08. The molecule has 0 spiro atoms. The van der Waals surface area contributed by atoms with Gasteiger partial charge in [0, 0.05) is 5.57 Å². The van der Waals surface area contributed by atoms with E-state index < -0.39 is 0 Å². The van der Waals surface area contributed by atoms with Crippen LogP contribution in [0.2, 0.25) is 0 Å². The van der Waals surface area contributed by atoms with Crippen LogP contribution in [0, 0.1) is 17.8 Å². The van der Waals surface area contributed by atoms with E-state index in [1.54, 1.807) is 11.1 Å². The fourth-order valence-corrected chi connectivity index (χ4v) is 3.63. The first-order valence-corrected chi connectivity index (χ1v) is 6.93. The van der Waals surface area contributed by atoms with Gasteiger partial charge >= 0.3 is 0 Å². The highest BCUT2D eigenvalue weighted by Gasteiger charge is 2.35. The number of fused-ring (bicyclic) bond motifs is 1. The van der Waals surface area contributed by atoms with E-state index in [0.717, 1.165) is 17.4 Å². The summed E-state index contributed by atoms with van der Waals surface area (Å²) in [5, 5.41) is 0. The lowest BCUT2D eigenvalue weighted by Gasteiger charge is -2.34. The number of hydrazine groups is 1. The summed E-state index contributed by atoms with van der Waals surface area (Å²) in [4.78, 5) is 11.5. The Kier molecular flexibility index (Phi) is 3.91. The molecule has 1 fully saturated rings. The second-order valence-electron chi connectivity index (χ2n) is 5.87. The standard InChI is InChI=1S/C15H24N2O/c1-9-4-6-12(8-11(3)15(18)17-16)14-10(2)5-7-13(9)14/h8-9,12-13H,4-7,16H2,1-3H3,(H,17,18)/b11-8+/t9-,12+,13-/m1/s1. The monoisotopic (exact) mass is 248 g/mol. The first-order valence-electron chi connectivity index (χ1n) is 6.93. The van der Waals surface area contributed by atoms with Gasteiger partial charge in [-0.2, -0.15) is 0 Å². The molecule has 1 amide bonds. The van der Waals surface area contributed by atoms with Crippen LogP contribution in [0.15, 0.2) is 22.8 Å². The predicted octanol–water partition coefficient (Wildman–Crippen LogP) is 2.70. The molecular formula is C15H24N2O. The maximum Gasteiger partial charge on any atom is 0.260 e. The van der Waals surface area contributed by atoms with Gasteiger partial charge in [0.2, 0.25) is 0 Å². The fourth-order valence-electron chi connectivity index (χ4n) is 3.63.